The van der Waals surface area contributed by atoms with Gasteiger partial charge in [-0.3, -0.25) is 9.59 Å². The minimum Gasteiger partial charge on any atom is -0.467 e. The third kappa shape index (κ3) is 4.07. The molecule has 0 bridgehead atoms. The van der Waals surface area contributed by atoms with Crippen LogP contribution in [0.2, 0.25) is 0 Å². The number of carbonyl (C=O) groups is 3. The molecule has 23 heavy (non-hydrogen) atoms. The van der Waals surface area contributed by atoms with Gasteiger partial charge in [-0.25, -0.2) is 9.18 Å². The van der Waals surface area contributed by atoms with E-state index in [1.54, 1.807) is 0 Å². The van der Waals surface area contributed by atoms with Crippen LogP contribution in [0.15, 0.2) is 22.7 Å². The lowest BCUT2D eigenvalue weighted by atomic mass is 10.2. The highest BCUT2D eigenvalue weighted by Crippen LogP contribution is 2.18. The molecule has 2 rings (SSSR count). The van der Waals surface area contributed by atoms with Gasteiger partial charge in [0.1, 0.15) is 11.9 Å². The molecule has 1 N–H and O–H groups in total. The van der Waals surface area contributed by atoms with Crippen LogP contribution in [0.1, 0.15) is 23.2 Å². The number of hydrogen-bond donors (Lipinski definition) is 1. The van der Waals surface area contributed by atoms with Crippen molar-refractivity contribution in [3.8, 4) is 0 Å². The number of benzene rings is 1. The lowest BCUT2D eigenvalue weighted by Crippen LogP contribution is -2.45. The third-order valence-electron chi connectivity index (χ3n) is 3.62. The minimum absolute atomic E-state index is 0.146. The van der Waals surface area contributed by atoms with Gasteiger partial charge in [0.05, 0.1) is 19.2 Å². The molecule has 1 aromatic rings. The van der Waals surface area contributed by atoms with E-state index in [4.69, 9.17) is 0 Å². The first kappa shape index (κ1) is 17.4. The average Bonchev–Trinajstić information content (AvgIpc) is 3.01. The van der Waals surface area contributed by atoms with Gasteiger partial charge in [0, 0.05) is 11.0 Å². The Labute approximate surface area is 141 Å². The van der Waals surface area contributed by atoms with E-state index in [9.17, 15) is 18.8 Å². The van der Waals surface area contributed by atoms with Crippen molar-refractivity contribution >= 4 is 33.7 Å². The summed E-state index contributed by atoms with van der Waals surface area (Å²) in [6, 6.07) is 3.42. The molecule has 1 heterocycles. The van der Waals surface area contributed by atoms with Gasteiger partial charge in [0.15, 0.2) is 0 Å². The second-order valence-corrected chi connectivity index (χ2v) is 5.99. The predicted octanol–water partition coefficient (Wildman–Crippen LogP) is 1.48. The van der Waals surface area contributed by atoms with E-state index in [2.05, 4.69) is 26.0 Å². The molecule has 1 fully saturated rings. The zero-order valence-corrected chi connectivity index (χ0v) is 14.1. The first-order valence-corrected chi connectivity index (χ1v) is 7.84. The Balaban J connectivity index is 1.96. The van der Waals surface area contributed by atoms with E-state index in [1.807, 2.05) is 0 Å². The summed E-state index contributed by atoms with van der Waals surface area (Å²) in [6.45, 7) is 0.128. The van der Waals surface area contributed by atoms with Crippen LogP contribution >= 0.6 is 15.9 Å². The molecule has 0 radical (unpaired) electrons. The van der Waals surface area contributed by atoms with Crippen LogP contribution in [-0.4, -0.2) is 48.9 Å². The molecular weight excluding hydrogens is 371 g/mol. The summed E-state index contributed by atoms with van der Waals surface area (Å²) < 4.78 is 18.9. The molecule has 6 nitrogen and oxygen atoms in total. The Hall–Kier alpha value is -1.96. The van der Waals surface area contributed by atoms with Gasteiger partial charge in [-0.05, 0) is 31.0 Å². The molecule has 1 atom stereocenters. The molecule has 1 aromatic carbocycles. The molecule has 1 saturated heterocycles. The van der Waals surface area contributed by atoms with Crippen LogP contribution in [0.25, 0.3) is 0 Å². The molecule has 8 heteroatoms. The number of nitrogens with one attached hydrogen (secondary N) is 1. The Morgan fingerprint density at radius 1 is 1.43 bits per heavy atom. The van der Waals surface area contributed by atoms with E-state index >= 15 is 0 Å². The lowest BCUT2D eigenvalue weighted by molar-refractivity contribution is -0.150. The van der Waals surface area contributed by atoms with Crippen molar-refractivity contribution in [2.75, 3.05) is 20.2 Å². The van der Waals surface area contributed by atoms with Crippen LogP contribution in [0.4, 0.5) is 4.39 Å². The monoisotopic (exact) mass is 386 g/mol. The van der Waals surface area contributed by atoms with E-state index in [0.29, 0.717) is 23.9 Å². The normalized spacial score (nSPS) is 17.0. The summed E-state index contributed by atoms with van der Waals surface area (Å²) in [5, 5.41) is 2.38. The van der Waals surface area contributed by atoms with Gasteiger partial charge in [0.2, 0.25) is 5.91 Å². The summed E-state index contributed by atoms with van der Waals surface area (Å²) in [6.07, 6.45) is 1.23. The van der Waals surface area contributed by atoms with Crippen LogP contribution in [0.5, 0.6) is 0 Å². The number of methoxy groups -OCH3 is 1. The number of nitrogens with zero attached hydrogens (tertiary/aromatic N) is 1. The zero-order chi connectivity index (χ0) is 17.0. The van der Waals surface area contributed by atoms with E-state index in [1.165, 1.54) is 30.2 Å². The summed E-state index contributed by atoms with van der Waals surface area (Å²) in [5.41, 5.74) is -0.146. The van der Waals surface area contributed by atoms with Gasteiger partial charge in [-0.15, -0.1) is 0 Å². The summed E-state index contributed by atoms with van der Waals surface area (Å²) >= 11 is 3.10. The number of carbonyl (C=O) groups excluding carboxylic acids is 3. The van der Waals surface area contributed by atoms with Crippen molar-refractivity contribution in [3.63, 3.8) is 0 Å². The smallest absolute Gasteiger partial charge is 0.328 e. The van der Waals surface area contributed by atoms with Crippen molar-refractivity contribution in [1.29, 1.82) is 0 Å². The molecule has 1 unspecified atom stereocenters. The first-order valence-electron chi connectivity index (χ1n) is 7.04. The lowest BCUT2D eigenvalue weighted by Gasteiger charge is -2.22. The minimum atomic E-state index is -0.683. The molecule has 0 aromatic heterocycles. The predicted molar refractivity (Wildman–Crippen MR) is 83.2 cm³/mol. The zero-order valence-electron chi connectivity index (χ0n) is 12.5. The number of hydrogen-bond acceptors (Lipinski definition) is 4. The van der Waals surface area contributed by atoms with Crippen molar-refractivity contribution in [1.82, 2.24) is 10.2 Å². The number of likely N-dealkylation sites (tertiary alicyclic amines) is 1. The summed E-state index contributed by atoms with van der Waals surface area (Å²) in [5.74, 6) is -2.24. The van der Waals surface area contributed by atoms with Gasteiger partial charge in [-0.2, -0.15) is 0 Å². The van der Waals surface area contributed by atoms with Crippen molar-refractivity contribution in [2.24, 2.45) is 0 Å². The standard InChI is InChI=1S/C15H16BrFN2O4/c1-23-15(22)12-3-2-6-19(12)13(20)8-18-14(21)10-5-4-9(16)7-11(10)17/h4-5,7,12H,2-3,6,8H2,1H3,(H,18,21). The highest BCUT2D eigenvalue weighted by molar-refractivity contribution is 9.10. The van der Waals surface area contributed by atoms with Crippen molar-refractivity contribution in [3.05, 3.63) is 34.1 Å². The Kier molecular flexibility index (Phi) is 5.70. The van der Waals surface area contributed by atoms with Gasteiger partial charge < -0.3 is 15.0 Å². The fourth-order valence-corrected chi connectivity index (χ4v) is 2.81. The average molecular weight is 387 g/mol. The maximum atomic E-state index is 13.7. The van der Waals surface area contributed by atoms with Crippen LogP contribution in [0, 0.1) is 5.82 Å². The van der Waals surface area contributed by atoms with Crippen molar-refractivity contribution < 1.29 is 23.5 Å². The maximum absolute atomic E-state index is 13.7. The quantitative estimate of drug-likeness (QED) is 0.795. The topological polar surface area (TPSA) is 75.7 Å². The summed E-state index contributed by atoms with van der Waals surface area (Å²) in [7, 11) is 1.27. The highest BCUT2D eigenvalue weighted by atomic mass is 79.9. The van der Waals surface area contributed by atoms with Crippen LogP contribution < -0.4 is 5.32 Å². The highest BCUT2D eigenvalue weighted by Gasteiger charge is 2.34. The number of ether oxygens (including phenoxy) is 1. The van der Waals surface area contributed by atoms with Crippen LogP contribution in [0.3, 0.4) is 0 Å². The van der Waals surface area contributed by atoms with E-state index < -0.39 is 29.6 Å². The molecule has 0 saturated carbocycles. The van der Waals surface area contributed by atoms with Gasteiger partial charge in [0.25, 0.3) is 5.91 Å². The number of amides is 2. The van der Waals surface area contributed by atoms with Gasteiger partial charge >= 0.3 is 5.97 Å². The number of esters is 1. The van der Waals surface area contributed by atoms with E-state index in [0.717, 1.165) is 0 Å². The SMILES string of the molecule is COC(=O)C1CCCN1C(=O)CNC(=O)c1ccc(Br)cc1F. The fraction of sp³-hybridized carbons (Fsp3) is 0.400. The molecular formula is C15H16BrFN2O4. The number of rotatable bonds is 4. The molecule has 0 spiro atoms. The van der Waals surface area contributed by atoms with Crippen LogP contribution in [-0.2, 0) is 14.3 Å². The third-order valence-corrected chi connectivity index (χ3v) is 4.12. The fourth-order valence-electron chi connectivity index (χ4n) is 2.47. The Bertz CT molecular complexity index is 638. The molecule has 1 aliphatic rings. The molecule has 1 aliphatic heterocycles. The largest absolute Gasteiger partial charge is 0.467 e. The Morgan fingerprint density at radius 2 is 2.17 bits per heavy atom. The maximum Gasteiger partial charge on any atom is 0.328 e. The second kappa shape index (κ2) is 7.54. The molecule has 2 amide bonds. The van der Waals surface area contributed by atoms with Gasteiger partial charge in [-0.1, -0.05) is 15.9 Å². The molecule has 0 aliphatic carbocycles. The van der Waals surface area contributed by atoms with E-state index in [-0.39, 0.29) is 12.1 Å². The summed E-state index contributed by atoms with van der Waals surface area (Å²) in [4.78, 5) is 37.1. The van der Waals surface area contributed by atoms with Crippen molar-refractivity contribution in [2.45, 2.75) is 18.9 Å². The Morgan fingerprint density at radius 3 is 2.83 bits per heavy atom. The first-order chi connectivity index (χ1) is 10.9. The second-order valence-electron chi connectivity index (χ2n) is 5.08. The number of halogens is 2. The molecule has 124 valence electrons.